The van der Waals surface area contributed by atoms with Crippen LogP contribution >= 0.6 is 0 Å². The summed E-state index contributed by atoms with van der Waals surface area (Å²) in [7, 11) is -2.39. The van der Waals surface area contributed by atoms with E-state index in [9.17, 15) is 18.0 Å². The van der Waals surface area contributed by atoms with Gasteiger partial charge in [-0.1, -0.05) is 25.0 Å². The Morgan fingerprint density at radius 3 is 2.78 bits per heavy atom. The molecule has 0 radical (unpaired) electrons. The van der Waals surface area contributed by atoms with Crippen molar-refractivity contribution in [2.24, 2.45) is 5.92 Å². The predicted octanol–water partition coefficient (Wildman–Crippen LogP) is 2.00. The number of ether oxygens (including phenoxy) is 1. The van der Waals surface area contributed by atoms with Gasteiger partial charge in [-0.25, -0.2) is 13.1 Å². The number of hydrogen-bond donors (Lipinski definition) is 2. The van der Waals surface area contributed by atoms with Gasteiger partial charge in [0.15, 0.2) is 0 Å². The van der Waals surface area contributed by atoms with Crippen molar-refractivity contribution in [3.63, 3.8) is 0 Å². The second-order valence-electron chi connectivity index (χ2n) is 6.86. The third kappa shape index (κ3) is 4.95. The van der Waals surface area contributed by atoms with E-state index in [1.165, 1.54) is 31.4 Å². The molecule has 1 saturated carbocycles. The molecule has 0 saturated heterocycles. The van der Waals surface area contributed by atoms with Crippen molar-refractivity contribution < 1.29 is 22.7 Å². The molecule has 1 aliphatic rings. The molecule has 0 bridgehead atoms. The highest BCUT2D eigenvalue weighted by atomic mass is 32.2. The number of carbonyl (C=O) groups excluding carboxylic acids is 2. The molecule has 1 aliphatic carbocycles. The van der Waals surface area contributed by atoms with E-state index < -0.39 is 27.4 Å². The van der Waals surface area contributed by atoms with E-state index in [1.807, 2.05) is 6.92 Å². The monoisotopic (exact) mass is 394 g/mol. The van der Waals surface area contributed by atoms with Crippen molar-refractivity contribution in [2.75, 3.05) is 13.7 Å². The van der Waals surface area contributed by atoms with Crippen molar-refractivity contribution in [2.45, 2.75) is 43.0 Å². The molecule has 148 valence electrons. The van der Waals surface area contributed by atoms with Crippen molar-refractivity contribution >= 4 is 21.9 Å². The number of methoxy groups -OCH3 is 1. The summed E-state index contributed by atoms with van der Waals surface area (Å²) >= 11 is 0. The average molecular weight is 394 g/mol. The summed E-state index contributed by atoms with van der Waals surface area (Å²) in [6, 6.07) is 5.79. The second kappa shape index (κ2) is 8.67. The Morgan fingerprint density at radius 1 is 1.37 bits per heavy atom. The van der Waals surface area contributed by atoms with Crippen LogP contribution in [-0.4, -0.2) is 39.5 Å². The number of sulfonamides is 1. The van der Waals surface area contributed by atoms with Crippen LogP contribution in [0.1, 0.15) is 43.0 Å². The van der Waals surface area contributed by atoms with Gasteiger partial charge in [0.05, 0.1) is 23.5 Å². The number of nitrogens with one attached hydrogen (secondary N) is 2. The van der Waals surface area contributed by atoms with Crippen molar-refractivity contribution in [1.82, 2.24) is 10.0 Å². The zero-order valence-electron chi connectivity index (χ0n) is 15.7. The van der Waals surface area contributed by atoms with E-state index in [2.05, 4.69) is 16.6 Å². The van der Waals surface area contributed by atoms with Crippen LogP contribution in [0.2, 0.25) is 0 Å². The first-order chi connectivity index (χ1) is 12.7. The Labute approximate surface area is 160 Å². The molecule has 8 heteroatoms. The van der Waals surface area contributed by atoms with Crippen LogP contribution in [0.5, 0.6) is 0 Å². The van der Waals surface area contributed by atoms with E-state index in [0.717, 1.165) is 12.8 Å². The van der Waals surface area contributed by atoms with Gasteiger partial charge in [0.1, 0.15) is 0 Å². The molecular weight excluding hydrogens is 368 g/mol. The fourth-order valence-electron chi connectivity index (χ4n) is 3.39. The van der Waals surface area contributed by atoms with Crippen molar-refractivity contribution in [3.8, 4) is 0 Å². The molecule has 0 spiro atoms. The molecule has 0 aliphatic heterocycles. The third-order valence-corrected chi connectivity index (χ3v) is 6.34. The van der Waals surface area contributed by atoms with Gasteiger partial charge in [0, 0.05) is 12.1 Å². The van der Waals surface area contributed by atoms with Gasteiger partial charge in [-0.05, 0) is 38.0 Å². The summed E-state index contributed by atoms with van der Waals surface area (Å²) in [6.07, 6.45) is 4.52. The van der Waals surface area contributed by atoms with Crippen LogP contribution in [0.4, 0.5) is 0 Å². The first kappa shape index (κ1) is 21.1. The maximum Gasteiger partial charge on any atom is 0.311 e. The molecule has 2 atom stereocenters. The van der Waals surface area contributed by atoms with Crippen LogP contribution in [0.25, 0.3) is 0 Å². The maximum absolute atomic E-state index is 12.8. The molecule has 0 heterocycles. The smallest absolute Gasteiger partial charge is 0.311 e. The molecule has 2 N–H and O–H groups in total. The molecule has 0 aromatic heterocycles. The standard InChI is InChI=1S/C19H26N2O5S/c1-4-12-20-27(24,25)15-9-7-8-14(13-15)17(22)21-19(2)11-6-5-10-16(19)18(23)26-3/h4,7-9,13,16,20H,1,5-6,10-12H2,2-3H3,(H,21,22)/t16-,19+/m0/s1. The highest BCUT2D eigenvalue weighted by Crippen LogP contribution is 2.34. The topological polar surface area (TPSA) is 102 Å². The third-order valence-electron chi connectivity index (χ3n) is 4.92. The summed E-state index contributed by atoms with van der Waals surface area (Å²) in [5, 5.41) is 2.93. The van der Waals surface area contributed by atoms with Gasteiger partial charge >= 0.3 is 5.97 Å². The lowest BCUT2D eigenvalue weighted by molar-refractivity contribution is -0.149. The Bertz CT molecular complexity index is 821. The Morgan fingerprint density at radius 2 is 2.11 bits per heavy atom. The fraction of sp³-hybridized carbons (Fsp3) is 0.474. The van der Waals surface area contributed by atoms with E-state index >= 15 is 0 Å². The molecule has 1 fully saturated rings. The molecule has 7 nitrogen and oxygen atoms in total. The molecule has 1 aromatic rings. The lowest BCUT2D eigenvalue weighted by atomic mass is 9.73. The molecule has 2 rings (SSSR count). The quantitative estimate of drug-likeness (QED) is 0.544. The Hall–Kier alpha value is -2.19. The number of esters is 1. The van der Waals surface area contributed by atoms with Gasteiger partial charge in [0.2, 0.25) is 10.0 Å². The molecule has 27 heavy (non-hydrogen) atoms. The SMILES string of the molecule is C=CCNS(=O)(=O)c1cccc(C(=O)N[C@]2(C)CCCC[C@H]2C(=O)OC)c1. The van der Waals surface area contributed by atoms with E-state index in [1.54, 1.807) is 6.07 Å². The van der Waals surface area contributed by atoms with Gasteiger partial charge in [-0.15, -0.1) is 6.58 Å². The summed E-state index contributed by atoms with van der Waals surface area (Å²) in [5.74, 6) is -1.20. The highest BCUT2D eigenvalue weighted by Gasteiger charge is 2.42. The van der Waals surface area contributed by atoms with Gasteiger partial charge < -0.3 is 10.1 Å². The molecule has 1 aromatic carbocycles. The number of benzene rings is 1. The second-order valence-corrected chi connectivity index (χ2v) is 8.63. The average Bonchev–Trinajstić information content (AvgIpc) is 2.66. The number of rotatable bonds is 7. The minimum atomic E-state index is -3.73. The van der Waals surface area contributed by atoms with Crippen LogP contribution in [-0.2, 0) is 19.6 Å². The van der Waals surface area contributed by atoms with Gasteiger partial charge in [-0.2, -0.15) is 0 Å². The summed E-state index contributed by atoms with van der Waals surface area (Å²) in [4.78, 5) is 24.9. The first-order valence-electron chi connectivity index (χ1n) is 8.84. The first-order valence-corrected chi connectivity index (χ1v) is 10.3. The Kier molecular flexibility index (Phi) is 6.78. The van der Waals surface area contributed by atoms with Crippen molar-refractivity contribution in [3.05, 3.63) is 42.5 Å². The largest absolute Gasteiger partial charge is 0.469 e. The lowest BCUT2D eigenvalue weighted by Crippen LogP contribution is -2.55. The van der Waals surface area contributed by atoms with E-state index in [-0.39, 0.29) is 23.0 Å². The summed E-state index contributed by atoms with van der Waals surface area (Å²) in [5.41, 5.74) is -0.523. The zero-order valence-corrected chi connectivity index (χ0v) is 16.5. The lowest BCUT2D eigenvalue weighted by Gasteiger charge is -2.40. The minimum Gasteiger partial charge on any atom is -0.469 e. The van der Waals surface area contributed by atoms with Crippen LogP contribution in [0, 0.1) is 5.92 Å². The summed E-state index contributed by atoms with van der Waals surface area (Å²) in [6.45, 7) is 5.40. The zero-order chi connectivity index (χ0) is 20.1. The number of amides is 1. The number of carbonyl (C=O) groups is 2. The summed E-state index contributed by atoms with van der Waals surface area (Å²) < 4.78 is 31.8. The van der Waals surface area contributed by atoms with Crippen LogP contribution < -0.4 is 10.0 Å². The van der Waals surface area contributed by atoms with E-state index in [0.29, 0.717) is 12.8 Å². The van der Waals surface area contributed by atoms with Gasteiger partial charge in [0.25, 0.3) is 5.91 Å². The fourth-order valence-corrected chi connectivity index (χ4v) is 4.44. The van der Waals surface area contributed by atoms with Crippen LogP contribution in [0.3, 0.4) is 0 Å². The molecule has 1 amide bonds. The van der Waals surface area contributed by atoms with Gasteiger partial charge in [-0.3, -0.25) is 9.59 Å². The number of hydrogen-bond acceptors (Lipinski definition) is 5. The molecule has 0 unspecified atom stereocenters. The van der Waals surface area contributed by atoms with Crippen molar-refractivity contribution in [1.29, 1.82) is 0 Å². The minimum absolute atomic E-state index is 0.00434. The van der Waals surface area contributed by atoms with Crippen LogP contribution in [0.15, 0.2) is 41.8 Å². The normalized spacial score (nSPS) is 22.7. The predicted molar refractivity (Wildman–Crippen MR) is 102 cm³/mol. The maximum atomic E-state index is 12.8. The molecular formula is C19H26N2O5S. The Balaban J connectivity index is 2.23. The highest BCUT2D eigenvalue weighted by molar-refractivity contribution is 7.89. The van der Waals surface area contributed by atoms with E-state index in [4.69, 9.17) is 4.74 Å².